The van der Waals surface area contributed by atoms with E-state index in [1.165, 1.54) is 38.8 Å². The molecule has 5 nitrogen and oxygen atoms in total. The molecule has 2 heterocycles. The van der Waals surface area contributed by atoms with E-state index >= 15 is 0 Å². The van der Waals surface area contributed by atoms with Crippen LogP contribution < -0.4 is 0 Å². The fourth-order valence-electron chi connectivity index (χ4n) is 2.08. The molecule has 0 unspecified atom stereocenters. The average molecular weight is 222 g/mol. The number of aldehydes is 1. The molecule has 1 fully saturated rings. The van der Waals surface area contributed by atoms with Gasteiger partial charge in [-0.15, -0.1) is 5.10 Å². The molecule has 1 aromatic heterocycles. The van der Waals surface area contributed by atoms with Crippen LogP contribution in [0.4, 0.5) is 0 Å². The molecule has 0 bridgehead atoms. The Labute approximate surface area is 95.4 Å². The Bertz CT molecular complexity index is 328. The Balaban J connectivity index is 1.79. The van der Waals surface area contributed by atoms with E-state index in [2.05, 4.69) is 15.2 Å². The molecular formula is C11H18N4O. The maximum Gasteiger partial charge on any atom is 0.171 e. The normalized spacial score (nSPS) is 18.2. The highest BCUT2D eigenvalue weighted by Gasteiger charge is 2.09. The average Bonchev–Trinajstić information content (AvgIpc) is 2.61. The zero-order valence-electron chi connectivity index (χ0n) is 9.51. The maximum atomic E-state index is 10.4. The first-order valence-electron chi connectivity index (χ1n) is 5.96. The van der Waals surface area contributed by atoms with E-state index in [9.17, 15) is 4.79 Å². The van der Waals surface area contributed by atoms with Crippen molar-refractivity contribution < 1.29 is 4.79 Å². The standard InChI is InChI=1S/C11H18N4O/c16-10-11-9-15(13-12-11)8-7-14-5-3-1-2-4-6-14/h9-10H,1-8H2. The second-order valence-corrected chi connectivity index (χ2v) is 4.28. The third-order valence-corrected chi connectivity index (χ3v) is 3.02. The van der Waals surface area contributed by atoms with E-state index in [-0.39, 0.29) is 0 Å². The van der Waals surface area contributed by atoms with Gasteiger partial charge in [0.1, 0.15) is 5.69 Å². The molecule has 2 rings (SSSR count). The van der Waals surface area contributed by atoms with Crippen molar-refractivity contribution in [2.45, 2.75) is 32.2 Å². The van der Waals surface area contributed by atoms with Gasteiger partial charge in [-0.05, 0) is 25.9 Å². The molecule has 88 valence electrons. The van der Waals surface area contributed by atoms with Gasteiger partial charge in [0.25, 0.3) is 0 Å². The summed E-state index contributed by atoms with van der Waals surface area (Å²) in [7, 11) is 0. The van der Waals surface area contributed by atoms with Crippen molar-refractivity contribution in [2.24, 2.45) is 0 Å². The van der Waals surface area contributed by atoms with E-state index in [0.717, 1.165) is 19.4 Å². The number of hydrogen-bond acceptors (Lipinski definition) is 4. The lowest BCUT2D eigenvalue weighted by Crippen LogP contribution is -2.28. The Morgan fingerprint density at radius 2 is 1.94 bits per heavy atom. The van der Waals surface area contributed by atoms with Crippen LogP contribution >= 0.6 is 0 Å². The number of aromatic nitrogens is 3. The summed E-state index contributed by atoms with van der Waals surface area (Å²) < 4.78 is 1.74. The van der Waals surface area contributed by atoms with Gasteiger partial charge in [-0.2, -0.15) is 0 Å². The number of likely N-dealkylation sites (tertiary alicyclic amines) is 1. The summed E-state index contributed by atoms with van der Waals surface area (Å²) >= 11 is 0. The van der Waals surface area contributed by atoms with Crippen LogP contribution in [0.15, 0.2) is 6.20 Å². The van der Waals surface area contributed by atoms with Crippen LogP contribution in [-0.4, -0.2) is 45.8 Å². The molecule has 16 heavy (non-hydrogen) atoms. The monoisotopic (exact) mass is 222 g/mol. The first-order valence-corrected chi connectivity index (χ1v) is 5.96. The molecule has 0 atom stereocenters. The minimum Gasteiger partial charge on any atom is -0.301 e. The van der Waals surface area contributed by atoms with Gasteiger partial charge in [0, 0.05) is 6.54 Å². The molecule has 0 amide bonds. The lowest BCUT2D eigenvalue weighted by Gasteiger charge is -2.18. The second kappa shape index (κ2) is 5.75. The lowest BCUT2D eigenvalue weighted by molar-refractivity contribution is 0.111. The highest BCUT2D eigenvalue weighted by molar-refractivity contribution is 5.70. The number of carbonyl (C=O) groups is 1. The smallest absolute Gasteiger partial charge is 0.171 e. The van der Waals surface area contributed by atoms with Crippen molar-refractivity contribution in [1.29, 1.82) is 0 Å². The van der Waals surface area contributed by atoms with Gasteiger partial charge >= 0.3 is 0 Å². The largest absolute Gasteiger partial charge is 0.301 e. The molecule has 1 aliphatic heterocycles. The van der Waals surface area contributed by atoms with Gasteiger partial charge in [0.15, 0.2) is 6.29 Å². The first kappa shape index (κ1) is 11.3. The van der Waals surface area contributed by atoms with Crippen LogP contribution in [0, 0.1) is 0 Å². The van der Waals surface area contributed by atoms with Crippen molar-refractivity contribution >= 4 is 6.29 Å². The molecule has 0 spiro atoms. The number of rotatable bonds is 4. The lowest BCUT2D eigenvalue weighted by atomic mass is 10.2. The molecule has 5 heteroatoms. The van der Waals surface area contributed by atoms with Gasteiger partial charge < -0.3 is 4.90 Å². The summed E-state index contributed by atoms with van der Waals surface area (Å²) in [6, 6.07) is 0. The van der Waals surface area contributed by atoms with E-state index < -0.39 is 0 Å². The zero-order chi connectivity index (χ0) is 11.2. The Morgan fingerprint density at radius 1 is 1.19 bits per heavy atom. The Hall–Kier alpha value is -1.23. The molecule has 0 aliphatic carbocycles. The Kier molecular flexibility index (Phi) is 4.04. The fraction of sp³-hybridized carbons (Fsp3) is 0.727. The number of carbonyl (C=O) groups excluding carboxylic acids is 1. The Morgan fingerprint density at radius 3 is 2.56 bits per heavy atom. The summed E-state index contributed by atoms with van der Waals surface area (Å²) in [4.78, 5) is 12.9. The second-order valence-electron chi connectivity index (χ2n) is 4.28. The van der Waals surface area contributed by atoms with Gasteiger partial charge in [-0.1, -0.05) is 18.1 Å². The molecule has 0 radical (unpaired) electrons. The molecule has 1 saturated heterocycles. The summed E-state index contributed by atoms with van der Waals surface area (Å²) in [6.45, 7) is 4.20. The van der Waals surface area contributed by atoms with Gasteiger partial charge in [-0.3, -0.25) is 9.48 Å². The topological polar surface area (TPSA) is 51.0 Å². The van der Waals surface area contributed by atoms with Gasteiger partial charge in [0.2, 0.25) is 0 Å². The molecule has 1 aliphatic rings. The molecule has 0 saturated carbocycles. The van der Waals surface area contributed by atoms with Crippen LogP contribution in [0.3, 0.4) is 0 Å². The molecule has 1 aromatic rings. The third kappa shape index (κ3) is 3.13. The number of nitrogens with zero attached hydrogens (tertiary/aromatic N) is 4. The fourth-order valence-corrected chi connectivity index (χ4v) is 2.08. The number of hydrogen-bond donors (Lipinski definition) is 0. The minimum absolute atomic E-state index is 0.413. The van der Waals surface area contributed by atoms with Crippen molar-refractivity contribution in [1.82, 2.24) is 19.9 Å². The molecular weight excluding hydrogens is 204 g/mol. The zero-order valence-corrected chi connectivity index (χ0v) is 9.51. The van der Waals surface area contributed by atoms with Gasteiger partial charge in [-0.25, -0.2) is 0 Å². The molecule has 0 aromatic carbocycles. The highest BCUT2D eigenvalue weighted by Crippen LogP contribution is 2.09. The predicted molar refractivity (Wildman–Crippen MR) is 60.3 cm³/mol. The maximum absolute atomic E-state index is 10.4. The van der Waals surface area contributed by atoms with Crippen LogP contribution in [0.25, 0.3) is 0 Å². The minimum atomic E-state index is 0.413. The summed E-state index contributed by atoms with van der Waals surface area (Å²) in [6.07, 6.45) is 7.75. The highest BCUT2D eigenvalue weighted by atomic mass is 16.1. The van der Waals surface area contributed by atoms with Crippen LogP contribution in [0.5, 0.6) is 0 Å². The van der Waals surface area contributed by atoms with Crippen LogP contribution in [0.1, 0.15) is 36.2 Å². The van der Waals surface area contributed by atoms with Gasteiger partial charge in [0.05, 0.1) is 12.7 Å². The van der Waals surface area contributed by atoms with Crippen LogP contribution in [0.2, 0.25) is 0 Å². The summed E-state index contributed by atoms with van der Waals surface area (Å²) in [5.74, 6) is 0. The van der Waals surface area contributed by atoms with Crippen molar-refractivity contribution in [3.05, 3.63) is 11.9 Å². The van der Waals surface area contributed by atoms with Crippen LogP contribution in [-0.2, 0) is 6.54 Å². The SMILES string of the molecule is O=Cc1cn(CCN2CCCCCC2)nn1. The van der Waals surface area contributed by atoms with E-state index in [1.54, 1.807) is 10.9 Å². The summed E-state index contributed by atoms with van der Waals surface area (Å²) in [5, 5.41) is 7.65. The van der Waals surface area contributed by atoms with Crippen molar-refractivity contribution in [3.8, 4) is 0 Å². The summed E-state index contributed by atoms with van der Waals surface area (Å²) in [5.41, 5.74) is 0.413. The quantitative estimate of drug-likeness (QED) is 0.712. The van der Waals surface area contributed by atoms with Crippen molar-refractivity contribution in [2.75, 3.05) is 19.6 Å². The molecule has 0 N–H and O–H groups in total. The van der Waals surface area contributed by atoms with Crippen molar-refractivity contribution in [3.63, 3.8) is 0 Å². The predicted octanol–water partition coefficient (Wildman–Crippen LogP) is 0.967. The third-order valence-electron chi connectivity index (χ3n) is 3.02. The van der Waals surface area contributed by atoms with E-state index in [0.29, 0.717) is 5.69 Å². The first-order chi connectivity index (χ1) is 7.88. The van der Waals surface area contributed by atoms with E-state index in [1.807, 2.05) is 0 Å². The van der Waals surface area contributed by atoms with E-state index in [4.69, 9.17) is 0 Å².